The normalized spacial score (nSPS) is 11.7. The summed E-state index contributed by atoms with van der Waals surface area (Å²) in [5.41, 5.74) is -1.21. The SMILES string of the molecule is O=C(Cl)c1cn[nH]c1C(F)(F)Cl. The second kappa shape index (κ2) is 2.99. The van der Waals surface area contributed by atoms with Gasteiger partial charge in [-0.15, -0.1) is 0 Å². The highest BCUT2D eigenvalue weighted by atomic mass is 35.5. The van der Waals surface area contributed by atoms with Crippen LogP contribution in [0.4, 0.5) is 8.78 Å². The Morgan fingerprint density at radius 1 is 1.67 bits per heavy atom. The molecular formula is C5H2Cl2F2N2O. The first-order valence-corrected chi connectivity index (χ1v) is 3.49. The second-order valence-corrected chi connectivity index (χ2v) is 2.75. The van der Waals surface area contributed by atoms with Gasteiger partial charge < -0.3 is 0 Å². The molecule has 1 aromatic rings. The van der Waals surface area contributed by atoms with E-state index < -0.39 is 21.9 Å². The van der Waals surface area contributed by atoms with Crippen molar-refractivity contribution in [2.24, 2.45) is 0 Å². The number of hydrogen-bond acceptors (Lipinski definition) is 2. The monoisotopic (exact) mass is 214 g/mol. The fourth-order valence-electron chi connectivity index (χ4n) is 0.651. The van der Waals surface area contributed by atoms with Crippen LogP contribution in [0.25, 0.3) is 0 Å². The quantitative estimate of drug-likeness (QED) is 0.606. The summed E-state index contributed by atoms with van der Waals surface area (Å²) in [4.78, 5) is 10.5. The maximum atomic E-state index is 12.4. The average molecular weight is 215 g/mol. The highest BCUT2D eigenvalue weighted by Crippen LogP contribution is 2.33. The Kier molecular flexibility index (Phi) is 2.34. The summed E-state index contributed by atoms with van der Waals surface area (Å²) >= 11 is 9.60. The molecule has 0 saturated heterocycles. The van der Waals surface area contributed by atoms with Gasteiger partial charge in [-0.3, -0.25) is 9.89 Å². The first-order chi connectivity index (χ1) is 5.43. The van der Waals surface area contributed by atoms with Crippen LogP contribution in [0.2, 0.25) is 0 Å². The van der Waals surface area contributed by atoms with E-state index in [2.05, 4.69) is 16.7 Å². The maximum Gasteiger partial charge on any atom is 0.364 e. The number of carbonyl (C=O) groups is 1. The lowest BCUT2D eigenvalue weighted by molar-refractivity contribution is 0.0866. The predicted molar refractivity (Wildman–Crippen MR) is 38.5 cm³/mol. The molecule has 66 valence electrons. The molecule has 0 fully saturated rings. The Balaban J connectivity index is 3.17. The Bertz CT molecular complexity index is 307. The van der Waals surface area contributed by atoms with Gasteiger partial charge in [0.05, 0.1) is 11.8 Å². The van der Waals surface area contributed by atoms with Crippen LogP contribution in [0.3, 0.4) is 0 Å². The lowest BCUT2D eigenvalue weighted by atomic mass is 10.3. The van der Waals surface area contributed by atoms with Gasteiger partial charge in [0.25, 0.3) is 5.24 Å². The van der Waals surface area contributed by atoms with Gasteiger partial charge in [-0.05, 0) is 23.2 Å². The molecule has 0 unspecified atom stereocenters. The van der Waals surface area contributed by atoms with Crippen LogP contribution < -0.4 is 0 Å². The van der Waals surface area contributed by atoms with Crippen molar-refractivity contribution in [1.29, 1.82) is 0 Å². The standard InChI is InChI=1S/C5H2Cl2F2N2O/c6-4(12)2-1-10-11-3(2)5(7,8)9/h1H,(H,10,11). The minimum Gasteiger partial charge on any atom is -0.275 e. The first-order valence-electron chi connectivity index (χ1n) is 2.73. The van der Waals surface area contributed by atoms with Gasteiger partial charge in [0.1, 0.15) is 5.69 Å². The summed E-state index contributed by atoms with van der Waals surface area (Å²) in [5, 5.41) is 0.420. The zero-order valence-electron chi connectivity index (χ0n) is 5.44. The second-order valence-electron chi connectivity index (χ2n) is 1.93. The molecule has 1 rings (SSSR count). The van der Waals surface area contributed by atoms with Crippen molar-refractivity contribution in [3.63, 3.8) is 0 Å². The number of nitrogens with zero attached hydrogens (tertiary/aromatic N) is 1. The molecule has 0 aliphatic heterocycles. The highest BCUT2D eigenvalue weighted by molar-refractivity contribution is 6.68. The summed E-state index contributed by atoms with van der Waals surface area (Å²) in [7, 11) is 0. The van der Waals surface area contributed by atoms with Crippen molar-refractivity contribution >= 4 is 28.4 Å². The van der Waals surface area contributed by atoms with Crippen LogP contribution in [0.5, 0.6) is 0 Å². The van der Waals surface area contributed by atoms with Gasteiger partial charge >= 0.3 is 5.38 Å². The fourth-order valence-corrected chi connectivity index (χ4v) is 0.939. The number of carbonyl (C=O) groups excluding carboxylic acids is 1. The van der Waals surface area contributed by atoms with Gasteiger partial charge in [-0.2, -0.15) is 13.9 Å². The van der Waals surface area contributed by atoms with E-state index in [1.54, 1.807) is 0 Å². The molecule has 0 spiro atoms. The number of aromatic amines is 1. The number of nitrogens with one attached hydrogen (secondary N) is 1. The van der Waals surface area contributed by atoms with E-state index >= 15 is 0 Å². The van der Waals surface area contributed by atoms with E-state index in [0.717, 1.165) is 6.20 Å². The van der Waals surface area contributed by atoms with Gasteiger partial charge in [-0.25, -0.2) is 0 Å². The van der Waals surface area contributed by atoms with E-state index in [1.807, 2.05) is 5.10 Å². The Hall–Kier alpha value is -0.680. The molecule has 0 saturated carbocycles. The number of aromatic nitrogens is 2. The number of rotatable bonds is 2. The summed E-state index contributed by atoms with van der Waals surface area (Å²) in [6, 6.07) is 0. The van der Waals surface area contributed by atoms with Crippen molar-refractivity contribution in [2.45, 2.75) is 5.38 Å². The Morgan fingerprint density at radius 2 is 2.25 bits per heavy atom. The number of H-pyrrole nitrogens is 1. The summed E-state index contributed by atoms with van der Waals surface area (Å²) in [6.07, 6.45) is 0.890. The highest BCUT2D eigenvalue weighted by Gasteiger charge is 2.34. The molecule has 1 heterocycles. The maximum absolute atomic E-state index is 12.4. The summed E-state index contributed by atoms with van der Waals surface area (Å²) in [6.45, 7) is 0. The molecular weight excluding hydrogens is 213 g/mol. The molecule has 0 radical (unpaired) electrons. The summed E-state index contributed by atoms with van der Waals surface area (Å²) in [5.74, 6) is 0. The molecule has 0 aliphatic carbocycles. The predicted octanol–water partition coefficient (Wildman–Crippen LogP) is 2.08. The third kappa shape index (κ3) is 1.73. The van der Waals surface area contributed by atoms with E-state index in [4.69, 9.17) is 11.6 Å². The lowest BCUT2D eigenvalue weighted by Crippen LogP contribution is -2.08. The average Bonchev–Trinajstić information content (AvgIpc) is 2.30. The first kappa shape index (κ1) is 9.41. The zero-order valence-corrected chi connectivity index (χ0v) is 6.96. The molecule has 0 atom stereocenters. The minimum absolute atomic E-state index is 0.420. The third-order valence-electron chi connectivity index (χ3n) is 1.13. The van der Waals surface area contributed by atoms with E-state index in [9.17, 15) is 13.6 Å². The molecule has 0 aromatic carbocycles. The van der Waals surface area contributed by atoms with Gasteiger partial charge in [0, 0.05) is 0 Å². The van der Waals surface area contributed by atoms with Crippen molar-refractivity contribution < 1.29 is 13.6 Å². The molecule has 0 aliphatic rings. The van der Waals surface area contributed by atoms with Crippen LogP contribution in [0.15, 0.2) is 6.20 Å². The lowest BCUT2D eigenvalue weighted by Gasteiger charge is -2.04. The van der Waals surface area contributed by atoms with Crippen LogP contribution in [0.1, 0.15) is 16.1 Å². The molecule has 0 bridgehead atoms. The number of halogens is 4. The molecule has 1 aromatic heterocycles. The van der Waals surface area contributed by atoms with Crippen LogP contribution in [-0.4, -0.2) is 15.4 Å². The largest absolute Gasteiger partial charge is 0.364 e. The van der Waals surface area contributed by atoms with E-state index in [0.29, 0.717) is 0 Å². The molecule has 3 nitrogen and oxygen atoms in total. The summed E-state index contributed by atoms with van der Waals surface area (Å²) < 4.78 is 24.8. The zero-order chi connectivity index (χ0) is 9.35. The Morgan fingerprint density at radius 3 is 2.58 bits per heavy atom. The van der Waals surface area contributed by atoms with Gasteiger partial charge in [-0.1, -0.05) is 0 Å². The van der Waals surface area contributed by atoms with Crippen LogP contribution in [0, 0.1) is 0 Å². The van der Waals surface area contributed by atoms with Crippen molar-refractivity contribution in [2.75, 3.05) is 0 Å². The Labute approximate surface area is 75.7 Å². The molecule has 1 N–H and O–H groups in total. The number of alkyl halides is 3. The molecule has 7 heteroatoms. The molecule has 0 amide bonds. The van der Waals surface area contributed by atoms with Crippen LogP contribution >= 0.6 is 23.2 Å². The van der Waals surface area contributed by atoms with E-state index in [1.165, 1.54) is 0 Å². The van der Waals surface area contributed by atoms with E-state index in [-0.39, 0.29) is 0 Å². The van der Waals surface area contributed by atoms with Crippen molar-refractivity contribution in [1.82, 2.24) is 10.2 Å². The number of hydrogen-bond donors (Lipinski definition) is 1. The topological polar surface area (TPSA) is 45.8 Å². The van der Waals surface area contributed by atoms with Crippen molar-refractivity contribution in [3.05, 3.63) is 17.5 Å². The van der Waals surface area contributed by atoms with Crippen molar-refractivity contribution in [3.8, 4) is 0 Å². The van der Waals surface area contributed by atoms with Gasteiger partial charge in [0.15, 0.2) is 0 Å². The fraction of sp³-hybridized carbons (Fsp3) is 0.200. The molecule has 12 heavy (non-hydrogen) atoms. The van der Waals surface area contributed by atoms with Gasteiger partial charge in [0.2, 0.25) is 0 Å². The third-order valence-corrected chi connectivity index (χ3v) is 1.53. The van der Waals surface area contributed by atoms with Crippen LogP contribution in [-0.2, 0) is 5.38 Å². The smallest absolute Gasteiger partial charge is 0.275 e. The minimum atomic E-state index is -3.66.